The molecule has 0 spiro atoms. The topological polar surface area (TPSA) is 64.6 Å². The Hall–Kier alpha value is -0.700. The van der Waals surface area contributed by atoms with Crippen LogP contribution < -0.4 is 0 Å². The lowest BCUT2D eigenvalue weighted by molar-refractivity contribution is -0.786. The van der Waals surface area contributed by atoms with Crippen LogP contribution in [-0.2, 0) is 35.0 Å². The fourth-order valence-corrected chi connectivity index (χ4v) is 1.48. The summed E-state index contributed by atoms with van der Waals surface area (Å²) in [6, 6.07) is 0. The smallest absolute Gasteiger partial charge is 0.128 e. The summed E-state index contributed by atoms with van der Waals surface area (Å²) in [5.41, 5.74) is 0. The summed E-state index contributed by atoms with van der Waals surface area (Å²) in [6.45, 7) is 4.38. The first-order valence-electron chi connectivity index (χ1n) is 7.14. The molecule has 0 saturated carbocycles. The van der Waals surface area contributed by atoms with Gasteiger partial charge in [-0.3, -0.25) is 0 Å². The Bertz CT molecular complexity index is 199. The van der Waals surface area contributed by atoms with E-state index in [1.165, 1.54) is 44.8 Å². The zero-order valence-corrected chi connectivity index (χ0v) is 12.4. The molecule has 0 aliphatic carbocycles. The summed E-state index contributed by atoms with van der Waals surface area (Å²) in [5.74, 6) is 0. The monoisotopic (exact) mass is 294 g/mol. The Balaban J connectivity index is 2.92. The van der Waals surface area contributed by atoms with Gasteiger partial charge < -0.3 is 4.89 Å². The molecule has 0 aromatic carbocycles. The van der Waals surface area contributed by atoms with Gasteiger partial charge in [0.25, 0.3) is 0 Å². The Morgan fingerprint density at radius 1 is 0.700 bits per heavy atom. The van der Waals surface area contributed by atoms with Crippen LogP contribution in [0, 0.1) is 0 Å². The predicted molar refractivity (Wildman–Crippen MR) is 69.9 cm³/mol. The van der Waals surface area contributed by atoms with Crippen molar-refractivity contribution in [1.82, 2.24) is 0 Å². The van der Waals surface area contributed by atoms with Crippen LogP contribution in [0.15, 0.2) is 12.3 Å². The van der Waals surface area contributed by atoms with Crippen LogP contribution in [0.25, 0.3) is 0 Å². The predicted octanol–water partition coefficient (Wildman–Crippen LogP) is 4.27. The van der Waals surface area contributed by atoms with Crippen LogP contribution in [0.5, 0.6) is 0 Å². The fraction of sp³-hybridized carbons (Fsp3) is 0.846. The van der Waals surface area contributed by atoms with Crippen LogP contribution in [0.4, 0.5) is 0 Å². The molecule has 0 aromatic heterocycles. The molecule has 0 bridgehead atoms. The highest BCUT2D eigenvalue weighted by molar-refractivity contribution is 4.62. The second-order valence-electron chi connectivity index (χ2n) is 4.20. The molecule has 7 heteroatoms. The van der Waals surface area contributed by atoms with Crippen molar-refractivity contribution >= 4 is 0 Å². The Morgan fingerprint density at radius 2 is 1.30 bits per heavy atom. The normalized spacial score (nSPS) is 11.3. The van der Waals surface area contributed by atoms with Gasteiger partial charge in [-0.25, -0.2) is 4.89 Å². The molecule has 20 heavy (non-hydrogen) atoms. The third kappa shape index (κ3) is 17.3. The number of hydrogen-bond donors (Lipinski definition) is 0. The third-order valence-electron chi connectivity index (χ3n) is 2.47. The highest BCUT2D eigenvalue weighted by Gasteiger charge is 1.95. The van der Waals surface area contributed by atoms with Gasteiger partial charge in [0.05, 0.1) is 6.61 Å². The van der Waals surface area contributed by atoms with Crippen molar-refractivity contribution in [2.45, 2.75) is 65.2 Å². The molecule has 0 amide bonds. The SMILES string of the molecule is CC=COOOOOOOCCCCCCCCCC. The van der Waals surface area contributed by atoms with E-state index in [-0.39, 0.29) is 0 Å². The van der Waals surface area contributed by atoms with Gasteiger partial charge in [-0.1, -0.05) is 51.9 Å². The van der Waals surface area contributed by atoms with Crippen molar-refractivity contribution in [3.8, 4) is 0 Å². The summed E-state index contributed by atoms with van der Waals surface area (Å²) in [5, 5.41) is 20.1. The van der Waals surface area contributed by atoms with Gasteiger partial charge >= 0.3 is 0 Å². The Labute approximate surface area is 120 Å². The molecule has 0 atom stereocenters. The van der Waals surface area contributed by atoms with Gasteiger partial charge in [0.15, 0.2) is 0 Å². The quantitative estimate of drug-likeness (QED) is 0.182. The van der Waals surface area contributed by atoms with Crippen LogP contribution in [-0.4, -0.2) is 6.61 Å². The van der Waals surface area contributed by atoms with Crippen molar-refractivity contribution in [2.24, 2.45) is 0 Å². The number of hydrogen-bond acceptors (Lipinski definition) is 7. The molecule has 0 saturated heterocycles. The van der Waals surface area contributed by atoms with Gasteiger partial charge in [0, 0.05) is 15.1 Å². The molecule has 0 N–H and O–H groups in total. The van der Waals surface area contributed by atoms with Crippen LogP contribution >= 0.6 is 0 Å². The first-order chi connectivity index (χ1) is 9.91. The molecule has 0 rings (SSSR count). The van der Waals surface area contributed by atoms with E-state index in [0.29, 0.717) is 6.61 Å². The van der Waals surface area contributed by atoms with E-state index in [1.807, 2.05) is 0 Å². The van der Waals surface area contributed by atoms with Gasteiger partial charge in [-0.2, -0.15) is 0 Å². The van der Waals surface area contributed by atoms with E-state index >= 15 is 0 Å². The summed E-state index contributed by atoms with van der Waals surface area (Å²) in [7, 11) is 0. The van der Waals surface area contributed by atoms with Gasteiger partial charge in [0.2, 0.25) is 0 Å². The minimum absolute atomic E-state index is 0.425. The Kier molecular flexibility index (Phi) is 17.7. The number of rotatable bonds is 16. The third-order valence-corrected chi connectivity index (χ3v) is 2.47. The average molecular weight is 294 g/mol. The minimum Gasteiger partial charge on any atom is -0.314 e. The lowest BCUT2D eigenvalue weighted by atomic mass is 10.1. The zero-order chi connectivity index (χ0) is 14.7. The molecule has 7 nitrogen and oxygen atoms in total. The highest BCUT2D eigenvalue weighted by atomic mass is 17.9. The lowest BCUT2D eigenvalue weighted by Gasteiger charge is -2.02. The molecule has 0 unspecified atom stereocenters. The van der Waals surface area contributed by atoms with E-state index in [4.69, 9.17) is 0 Å². The number of unbranched alkanes of at least 4 members (excludes halogenated alkanes) is 7. The molecule has 120 valence electrons. The maximum absolute atomic E-state index is 4.67. The maximum atomic E-state index is 4.67. The van der Waals surface area contributed by atoms with Crippen LogP contribution in [0.2, 0.25) is 0 Å². The molecular weight excluding hydrogens is 268 g/mol. The first-order valence-corrected chi connectivity index (χ1v) is 7.14. The van der Waals surface area contributed by atoms with E-state index < -0.39 is 0 Å². The molecule has 0 heterocycles. The van der Waals surface area contributed by atoms with Gasteiger partial charge in [-0.05, 0) is 29.5 Å². The largest absolute Gasteiger partial charge is 0.314 e. The van der Waals surface area contributed by atoms with E-state index in [2.05, 4.69) is 41.9 Å². The highest BCUT2D eigenvalue weighted by Crippen LogP contribution is 2.08. The van der Waals surface area contributed by atoms with Crippen LogP contribution in [0.3, 0.4) is 0 Å². The van der Waals surface area contributed by atoms with Gasteiger partial charge in [-0.15, -0.1) is 0 Å². The van der Waals surface area contributed by atoms with Crippen LogP contribution in [0.1, 0.15) is 65.2 Å². The fourth-order valence-electron chi connectivity index (χ4n) is 1.48. The minimum atomic E-state index is 0.425. The first kappa shape index (κ1) is 19.3. The molecule has 0 aromatic rings. The van der Waals surface area contributed by atoms with Crippen molar-refractivity contribution in [1.29, 1.82) is 0 Å². The lowest BCUT2D eigenvalue weighted by Crippen LogP contribution is -2.01. The Morgan fingerprint density at radius 3 is 2.00 bits per heavy atom. The second kappa shape index (κ2) is 18.3. The van der Waals surface area contributed by atoms with E-state index in [9.17, 15) is 0 Å². The number of allylic oxidation sites excluding steroid dienone is 1. The van der Waals surface area contributed by atoms with Gasteiger partial charge in [0.1, 0.15) is 6.26 Å². The molecule has 0 aliphatic rings. The summed E-state index contributed by atoms with van der Waals surface area (Å²) in [6.07, 6.45) is 12.6. The molecule has 0 radical (unpaired) electrons. The van der Waals surface area contributed by atoms with E-state index in [1.54, 1.807) is 13.0 Å². The van der Waals surface area contributed by atoms with Crippen molar-refractivity contribution in [3.63, 3.8) is 0 Å². The summed E-state index contributed by atoms with van der Waals surface area (Å²) >= 11 is 0. The van der Waals surface area contributed by atoms with Crippen molar-refractivity contribution < 1.29 is 35.0 Å². The second-order valence-corrected chi connectivity index (χ2v) is 4.20. The summed E-state index contributed by atoms with van der Waals surface area (Å²) in [4.78, 5) is 8.95. The average Bonchev–Trinajstić information content (AvgIpc) is 2.47. The molecule has 0 fully saturated rings. The molecular formula is C13H26O7. The van der Waals surface area contributed by atoms with Crippen molar-refractivity contribution in [2.75, 3.05) is 6.61 Å². The standard InChI is InChI=1S/C13H26O7/c1-3-5-6-7-8-9-10-11-13-15-17-19-20-18-16-14-12-4-2/h4,12H,3,5-11,13H2,1-2H3. The summed E-state index contributed by atoms with van der Waals surface area (Å²) < 4.78 is 0. The van der Waals surface area contributed by atoms with Crippen molar-refractivity contribution in [3.05, 3.63) is 12.3 Å². The maximum Gasteiger partial charge on any atom is 0.128 e. The molecule has 0 aliphatic heterocycles. The zero-order valence-electron chi connectivity index (χ0n) is 12.4. The van der Waals surface area contributed by atoms with E-state index in [0.717, 1.165) is 12.8 Å².